The third-order valence-corrected chi connectivity index (χ3v) is 4.25. The first kappa shape index (κ1) is 11.6. The fraction of sp³-hybridized carbons (Fsp3) is 0.273. The van der Waals surface area contributed by atoms with Crippen molar-refractivity contribution in [2.45, 2.75) is 11.2 Å². The van der Waals surface area contributed by atoms with Gasteiger partial charge in [0.25, 0.3) is 5.91 Å². The van der Waals surface area contributed by atoms with Crippen molar-refractivity contribution in [2.75, 3.05) is 7.05 Å². The molecule has 0 N–H and O–H groups in total. The minimum absolute atomic E-state index is 0.0904. The molecule has 1 aliphatic rings. The lowest BCUT2D eigenvalue weighted by atomic mass is 9.94. The van der Waals surface area contributed by atoms with Gasteiger partial charge in [-0.25, -0.2) is 5.01 Å². The molecule has 3 nitrogen and oxygen atoms in total. The van der Waals surface area contributed by atoms with Crippen LogP contribution in [0.3, 0.4) is 0 Å². The zero-order valence-electron chi connectivity index (χ0n) is 8.87. The monoisotopic (exact) mass is 300 g/mol. The van der Waals surface area contributed by atoms with Crippen LogP contribution in [0.15, 0.2) is 29.4 Å². The molecule has 84 valence electrons. The summed E-state index contributed by atoms with van der Waals surface area (Å²) in [4.78, 5) is 12.1. The molecule has 1 amide bonds. The Morgan fingerprint density at radius 1 is 1.38 bits per heavy atom. The zero-order chi connectivity index (χ0) is 11.9. The molecule has 1 aromatic carbocycles. The Hall–Kier alpha value is -0.870. The second-order valence-corrected chi connectivity index (χ2v) is 5.31. The number of hydrogen-bond donors (Lipinski definition) is 0. The average molecular weight is 302 g/mol. The van der Waals surface area contributed by atoms with E-state index in [-0.39, 0.29) is 5.91 Å². The molecule has 0 spiro atoms. The van der Waals surface area contributed by atoms with Gasteiger partial charge in [-0.05, 0) is 24.6 Å². The van der Waals surface area contributed by atoms with E-state index < -0.39 is 4.32 Å². The molecule has 2 rings (SSSR count). The fourth-order valence-electron chi connectivity index (χ4n) is 1.73. The smallest absolute Gasteiger partial charge is 0.269 e. The van der Waals surface area contributed by atoms with Crippen LogP contribution >= 0.6 is 27.5 Å². The summed E-state index contributed by atoms with van der Waals surface area (Å²) >= 11 is 9.31. The highest BCUT2D eigenvalue weighted by atomic mass is 79.9. The Kier molecular flexibility index (Phi) is 2.80. The Labute approximate surface area is 107 Å². The van der Waals surface area contributed by atoms with Gasteiger partial charge in [-0.15, -0.1) is 0 Å². The highest BCUT2D eigenvalue weighted by Gasteiger charge is 2.47. The molecule has 0 fully saturated rings. The number of carbonyl (C=O) groups excluding carboxylic acids is 1. The van der Waals surface area contributed by atoms with Crippen molar-refractivity contribution < 1.29 is 4.79 Å². The zero-order valence-corrected chi connectivity index (χ0v) is 11.2. The van der Waals surface area contributed by atoms with Crippen LogP contribution in [0, 0.1) is 0 Å². The van der Waals surface area contributed by atoms with Crippen LogP contribution in [0.4, 0.5) is 0 Å². The van der Waals surface area contributed by atoms with E-state index in [9.17, 15) is 4.79 Å². The second-order valence-electron chi connectivity index (χ2n) is 3.68. The maximum absolute atomic E-state index is 12.1. The van der Waals surface area contributed by atoms with Crippen LogP contribution in [0.5, 0.6) is 0 Å². The number of carbonyl (C=O) groups is 1. The molecule has 0 bridgehead atoms. The van der Waals surface area contributed by atoms with Crippen LogP contribution in [0.2, 0.25) is 5.02 Å². The van der Waals surface area contributed by atoms with E-state index in [0.717, 1.165) is 11.3 Å². The van der Waals surface area contributed by atoms with E-state index in [1.54, 1.807) is 19.2 Å². The molecule has 0 radical (unpaired) electrons. The van der Waals surface area contributed by atoms with E-state index >= 15 is 0 Å². The number of benzene rings is 1. The lowest BCUT2D eigenvalue weighted by molar-refractivity contribution is -0.129. The van der Waals surface area contributed by atoms with Crippen LogP contribution in [-0.4, -0.2) is 23.7 Å². The van der Waals surface area contributed by atoms with E-state index in [4.69, 9.17) is 11.6 Å². The van der Waals surface area contributed by atoms with E-state index in [0.29, 0.717) is 5.02 Å². The van der Waals surface area contributed by atoms with E-state index in [1.807, 2.05) is 19.1 Å². The predicted octanol–water partition coefficient (Wildman–Crippen LogP) is 2.78. The Balaban J connectivity index is 2.51. The largest absolute Gasteiger partial charge is 0.270 e. The molecular weight excluding hydrogens is 291 g/mol. The Morgan fingerprint density at radius 2 is 1.94 bits per heavy atom. The number of hydrazone groups is 1. The number of alkyl halides is 1. The highest BCUT2D eigenvalue weighted by molar-refractivity contribution is 9.10. The summed E-state index contributed by atoms with van der Waals surface area (Å²) in [5.41, 5.74) is 1.56. The third kappa shape index (κ3) is 1.57. The standard InChI is InChI=1S/C11H10BrClN2O/c1-7-11(12,10(16)15(2)14-7)8-3-5-9(13)6-4-8/h3-6H,1-2H3. The molecule has 1 unspecified atom stereocenters. The molecule has 0 aliphatic carbocycles. The van der Waals surface area contributed by atoms with Crippen molar-refractivity contribution in [1.29, 1.82) is 0 Å². The maximum Gasteiger partial charge on any atom is 0.269 e. The first-order valence-corrected chi connectivity index (χ1v) is 5.92. The normalized spacial score (nSPS) is 24.9. The van der Waals surface area contributed by atoms with Gasteiger partial charge >= 0.3 is 0 Å². The van der Waals surface area contributed by atoms with Gasteiger partial charge in [-0.1, -0.05) is 39.7 Å². The lowest BCUT2D eigenvalue weighted by Crippen LogP contribution is -2.36. The number of likely N-dealkylation sites (N-methyl/N-ethyl adjacent to an activating group) is 1. The first-order chi connectivity index (χ1) is 7.46. The lowest BCUT2D eigenvalue weighted by Gasteiger charge is -2.20. The third-order valence-electron chi connectivity index (χ3n) is 2.63. The topological polar surface area (TPSA) is 32.7 Å². The van der Waals surface area contributed by atoms with Gasteiger partial charge in [-0.2, -0.15) is 5.10 Å². The molecule has 0 saturated carbocycles. The second kappa shape index (κ2) is 3.86. The van der Waals surface area contributed by atoms with Gasteiger partial charge in [0, 0.05) is 12.1 Å². The van der Waals surface area contributed by atoms with Crippen molar-refractivity contribution in [1.82, 2.24) is 5.01 Å². The van der Waals surface area contributed by atoms with E-state index in [2.05, 4.69) is 21.0 Å². The molecular formula is C11H10BrClN2O. The van der Waals surface area contributed by atoms with Crippen molar-refractivity contribution >= 4 is 39.1 Å². The molecule has 1 atom stereocenters. The van der Waals surface area contributed by atoms with Gasteiger partial charge in [0.2, 0.25) is 0 Å². The van der Waals surface area contributed by atoms with Crippen molar-refractivity contribution in [3.05, 3.63) is 34.9 Å². The quantitative estimate of drug-likeness (QED) is 0.734. The molecule has 16 heavy (non-hydrogen) atoms. The summed E-state index contributed by atoms with van der Waals surface area (Å²) in [5, 5.41) is 6.13. The van der Waals surface area contributed by atoms with Crippen LogP contribution in [0.25, 0.3) is 0 Å². The van der Waals surface area contributed by atoms with Gasteiger partial charge in [0.1, 0.15) is 0 Å². The van der Waals surface area contributed by atoms with Gasteiger partial charge in [-0.3, -0.25) is 4.79 Å². The van der Waals surface area contributed by atoms with E-state index in [1.165, 1.54) is 5.01 Å². The summed E-state index contributed by atoms with van der Waals surface area (Å²) in [6.07, 6.45) is 0. The SMILES string of the molecule is CC1=NN(C)C(=O)C1(Br)c1ccc(Cl)cc1. The van der Waals surface area contributed by atoms with Crippen molar-refractivity contribution in [3.63, 3.8) is 0 Å². The number of rotatable bonds is 1. The number of nitrogens with zero attached hydrogens (tertiary/aromatic N) is 2. The molecule has 1 aromatic rings. The fourth-order valence-corrected chi connectivity index (χ4v) is 2.46. The summed E-state index contributed by atoms with van der Waals surface area (Å²) < 4.78 is -0.841. The van der Waals surface area contributed by atoms with Gasteiger partial charge in [0.15, 0.2) is 4.32 Å². The van der Waals surface area contributed by atoms with Crippen LogP contribution in [-0.2, 0) is 9.12 Å². The maximum atomic E-state index is 12.1. The molecule has 1 heterocycles. The summed E-state index contributed by atoms with van der Waals surface area (Å²) in [5.74, 6) is -0.0904. The predicted molar refractivity (Wildman–Crippen MR) is 67.9 cm³/mol. The van der Waals surface area contributed by atoms with Crippen molar-refractivity contribution in [3.8, 4) is 0 Å². The van der Waals surface area contributed by atoms with Gasteiger partial charge < -0.3 is 0 Å². The summed E-state index contributed by atoms with van der Waals surface area (Å²) in [6, 6.07) is 7.18. The van der Waals surface area contributed by atoms with Crippen LogP contribution in [0.1, 0.15) is 12.5 Å². The summed E-state index contributed by atoms with van der Waals surface area (Å²) in [6.45, 7) is 1.82. The number of halogens is 2. The minimum Gasteiger partial charge on any atom is -0.270 e. The minimum atomic E-state index is -0.841. The Bertz CT molecular complexity index is 471. The number of hydrogen-bond acceptors (Lipinski definition) is 2. The Morgan fingerprint density at radius 3 is 2.38 bits per heavy atom. The molecule has 0 aromatic heterocycles. The number of amides is 1. The highest BCUT2D eigenvalue weighted by Crippen LogP contribution is 2.39. The summed E-state index contributed by atoms with van der Waals surface area (Å²) in [7, 11) is 1.64. The van der Waals surface area contributed by atoms with Crippen molar-refractivity contribution in [2.24, 2.45) is 5.10 Å². The molecule has 0 saturated heterocycles. The average Bonchev–Trinajstić information content (AvgIpc) is 2.45. The van der Waals surface area contributed by atoms with Crippen LogP contribution < -0.4 is 0 Å². The first-order valence-electron chi connectivity index (χ1n) is 4.75. The molecule has 5 heteroatoms. The van der Waals surface area contributed by atoms with Gasteiger partial charge in [0.05, 0.1) is 5.71 Å². The molecule has 1 aliphatic heterocycles.